The molecule has 0 spiro atoms. The highest BCUT2D eigenvalue weighted by Crippen LogP contribution is 2.23. The van der Waals surface area contributed by atoms with Gasteiger partial charge in [0.15, 0.2) is 0 Å². The summed E-state index contributed by atoms with van der Waals surface area (Å²) >= 11 is 0. The first-order valence-corrected chi connectivity index (χ1v) is 12.4. The highest BCUT2D eigenvalue weighted by atomic mass is 32.2. The molecule has 32 heavy (non-hydrogen) atoms. The number of carbonyl (C=O) groups is 1. The molecular weight excluding hydrogens is 424 g/mol. The molecule has 2 heterocycles. The van der Waals surface area contributed by atoms with E-state index in [0.717, 1.165) is 36.2 Å². The number of aryl methyl sites for hydroxylation is 1. The van der Waals surface area contributed by atoms with Crippen molar-refractivity contribution < 1.29 is 13.2 Å². The molecule has 8 heteroatoms. The van der Waals surface area contributed by atoms with Gasteiger partial charge in [-0.1, -0.05) is 30.7 Å². The van der Waals surface area contributed by atoms with E-state index in [2.05, 4.69) is 10.4 Å². The summed E-state index contributed by atoms with van der Waals surface area (Å²) in [5.74, 6) is -0.277. The van der Waals surface area contributed by atoms with Crippen molar-refractivity contribution in [1.82, 2.24) is 19.4 Å². The Labute approximate surface area is 189 Å². The number of nitrogens with one attached hydrogen (secondary N) is 1. The van der Waals surface area contributed by atoms with E-state index in [9.17, 15) is 13.2 Å². The molecule has 1 aromatic heterocycles. The maximum atomic E-state index is 13.0. The van der Waals surface area contributed by atoms with Crippen LogP contribution in [0.25, 0.3) is 5.69 Å². The number of amides is 1. The quantitative estimate of drug-likeness (QED) is 0.596. The summed E-state index contributed by atoms with van der Waals surface area (Å²) in [6.45, 7) is 3.29. The van der Waals surface area contributed by atoms with Crippen LogP contribution < -0.4 is 5.32 Å². The molecule has 3 aromatic rings. The van der Waals surface area contributed by atoms with Gasteiger partial charge in [0, 0.05) is 37.8 Å². The van der Waals surface area contributed by atoms with Crippen LogP contribution in [0.4, 0.5) is 0 Å². The van der Waals surface area contributed by atoms with Gasteiger partial charge in [-0.15, -0.1) is 0 Å². The van der Waals surface area contributed by atoms with Gasteiger partial charge < -0.3 is 5.32 Å². The van der Waals surface area contributed by atoms with Crippen molar-refractivity contribution in [3.05, 3.63) is 77.6 Å². The van der Waals surface area contributed by atoms with E-state index in [1.54, 1.807) is 16.8 Å². The second-order valence-electron chi connectivity index (χ2n) is 8.03. The number of nitrogens with zero attached hydrogens (tertiary/aromatic N) is 3. The summed E-state index contributed by atoms with van der Waals surface area (Å²) in [5, 5.41) is 7.45. The minimum absolute atomic E-state index is 0.178. The lowest BCUT2D eigenvalue weighted by atomic mass is 10.1. The van der Waals surface area contributed by atoms with Crippen molar-refractivity contribution in [2.24, 2.45) is 0 Å². The highest BCUT2D eigenvalue weighted by molar-refractivity contribution is 7.89. The SMILES string of the molecule is Cc1ccc(S(=O)(=O)N2CCCCC2)cc1C(=O)NCCc1ccn(-c2ccccc2)n1. The first kappa shape index (κ1) is 22.2. The summed E-state index contributed by atoms with van der Waals surface area (Å²) in [6, 6.07) is 16.5. The number of sulfonamides is 1. The third-order valence-corrected chi connectivity index (χ3v) is 7.63. The number of aromatic nitrogens is 2. The highest BCUT2D eigenvalue weighted by Gasteiger charge is 2.27. The van der Waals surface area contributed by atoms with Gasteiger partial charge in [0.05, 0.1) is 16.3 Å². The van der Waals surface area contributed by atoms with Gasteiger partial charge >= 0.3 is 0 Å². The third-order valence-electron chi connectivity index (χ3n) is 5.74. The average molecular weight is 453 g/mol. The molecule has 0 aliphatic carbocycles. The van der Waals surface area contributed by atoms with Gasteiger partial charge in [0.25, 0.3) is 5.91 Å². The molecule has 0 bridgehead atoms. The minimum atomic E-state index is -3.58. The zero-order chi connectivity index (χ0) is 22.6. The molecule has 1 saturated heterocycles. The molecule has 7 nitrogen and oxygen atoms in total. The number of benzene rings is 2. The van der Waals surface area contributed by atoms with E-state index in [0.29, 0.717) is 31.6 Å². The summed E-state index contributed by atoms with van der Waals surface area (Å²) < 4.78 is 29.3. The lowest BCUT2D eigenvalue weighted by Gasteiger charge is -2.26. The van der Waals surface area contributed by atoms with Gasteiger partial charge in [0.1, 0.15) is 0 Å². The third kappa shape index (κ3) is 4.92. The molecule has 1 fully saturated rings. The fourth-order valence-electron chi connectivity index (χ4n) is 3.88. The summed E-state index contributed by atoms with van der Waals surface area (Å²) in [6.07, 6.45) is 5.27. The maximum absolute atomic E-state index is 13.0. The van der Waals surface area contributed by atoms with Crippen LogP contribution in [0.3, 0.4) is 0 Å². The summed E-state index contributed by atoms with van der Waals surface area (Å²) in [7, 11) is -3.58. The Morgan fingerprint density at radius 2 is 1.78 bits per heavy atom. The molecule has 0 atom stereocenters. The average Bonchev–Trinajstić information content (AvgIpc) is 3.29. The van der Waals surface area contributed by atoms with Crippen molar-refractivity contribution in [3.8, 4) is 5.69 Å². The predicted molar refractivity (Wildman–Crippen MR) is 123 cm³/mol. The lowest BCUT2D eigenvalue weighted by Crippen LogP contribution is -2.35. The topological polar surface area (TPSA) is 84.3 Å². The standard InChI is InChI=1S/C24H28N4O3S/c1-19-10-11-22(32(30,31)27-15-6-3-7-16-27)18-23(19)24(29)25-14-12-20-13-17-28(26-20)21-8-4-2-5-9-21/h2,4-5,8-11,13,17-18H,3,6-7,12,14-16H2,1H3,(H,25,29). The number of carbonyl (C=O) groups excluding carboxylic acids is 1. The van der Waals surface area contributed by atoms with Crippen molar-refractivity contribution >= 4 is 15.9 Å². The van der Waals surface area contributed by atoms with E-state index >= 15 is 0 Å². The Balaban J connectivity index is 1.40. The van der Waals surface area contributed by atoms with E-state index in [4.69, 9.17) is 0 Å². The van der Waals surface area contributed by atoms with Crippen molar-refractivity contribution in [2.75, 3.05) is 19.6 Å². The van der Waals surface area contributed by atoms with Crippen molar-refractivity contribution in [1.29, 1.82) is 0 Å². The van der Waals surface area contributed by atoms with Crippen LogP contribution in [-0.2, 0) is 16.4 Å². The second-order valence-corrected chi connectivity index (χ2v) is 9.97. The van der Waals surface area contributed by atoms with Crippen LogP contribution in [0.2, 0.25) is 0 Å². The Kier molecular flexibility index (Phi) is 6.72. The number of rotatable bonds is 7. The Bertz CT molecular complexity index is 1180. The van der Waals surface area contributed by atoms with Gasteiger partial charge in [-0.25, -0.2) is 13.1 Å². The first-order chi connectivity index (χ1) is 15.4. The summed E-state index contributed by atoms with van der Waals surface area (Å²) in [4.78, 5) is 13.0. The van der Waals surface area contributed by atoms with Crippen LogP contribution in [0, 0.1) is 6.92 Å². The molecule has 1 aliphatic rings. The molecule has 1 aliphatic heterocycles. The lowest BCUT2D eigenvalue weighted by molar-refractivity contribution is 0.0953. The predicted octanol–water partition coefficient (Wildman–Crippen LogP) is 3.33. The van der Waals surface area contributed by atoms with Crippen LogP contribution in [0.1, 0.15) is 40.9 Å². The van der Waals surface area contributed by atoms with Crippen LogP contribution >= 0.6 is 0 Å². The largest absolute Gasteiger partial charge is 0.352 e. The van der Waals surface area contributed by atoms with Gasteiger partial charge in [-0.05, 0) is 55.7 Å². The molecule has 2 aromatic carbocycles. The molecular formula is C24H28N4O3S. The zero-order valence-corrected chi connectivity index (χ0v) is 19.0. The molecule has 0 radical (unpaired) electrons. The molecule has 1 N–H and O–H groups in total. The molecule has 0 unspecified atom stereocenters. The summed E-state index contributed by atoms with van der Waals surface area (Å²) in [5.41, 5.74) is 2.98. The number of hydrogen-bond donors (Lipinski definition) is 1. The van der Waals surface area contributed by atoms with Gasteiger partial charge in [-0.2, -0.15) is 9.40 Å². The second kappa shape index (κ2) is 9.67. The zero-order valence-electron chi connectivity index (χ0n) is 18.2. The van der Waals surface area contributed by atoms with Crippen molar-refractivity contribution in [3.63, 3.8) is 0 Å². The first-order valence-electron chi connectivity index (χ1n) is 10.9. The molecule has 0 saturated carbocycles. The van der Waals surface area contributed by atoms with E-state index in [-0.39, 0.29) is 10.8 Å². The molecule has 4 rings (SSSR count). The Hall–Kier alpha value is -2.97. The van der Waals surface area contributed by atoms with Crippen LogP contribution in [-0.4, -0.2) is 48.0 Å². The van der Waals surface area contributed by atoms with E-state index in [1.807, 2.05) is 49.5 Å². The number of para-hydroxylation sites is 1. The Morgan fingerprint density at radius 3 is 2.53 bits per heavy atom. The van der Waals surface area contributed by atoms with Crippen LogP contribution in [0.15, 0.2) is 65.7 Å². The maximum Gasteiger partial charge on any atom is 0.251 e. The van der Waals surface area contributed by atoms with E-state index in [1.165, 1.54) is 10.4 Å². The van der Waals surface area contributed by atoms with Gasteiger partial charge in [0.2, 0.25) is 10.0 Å². The normalized spacial score (nSPS) is 14.9. The van der Waals surface area contributed by atoms with E-state index < -0.39 is 10.0 Å². The smallest absolute Gasteiger partial charge is 0.251 e. The fraction of sp³-hybridized carbons (Fsp3) is 0.333. The van der Waals surface area contributed by atoms with Crippen LogP contribution in [0.5, 0.6) is 0 Å². The Morgan fingerprint density at radius 1 is 1.03 bits per heavy atom. The van der Waals surface area contributed by atoms with Crippen molar-refractivity contribution in [2.45, 2.75) is 37.5 Å². The molecule has 168 valence electrons. The minimum Gasteiger partial charge on any atom is -0.352 e. The monoisotopic (exact) mass is 452 g/mol. The molecule has 1 amide bonds. The number of piperidine rings is 1. The number of hydrogen-bond acceptors (Lipinski definition) is 4. The van der Waals surface area contributed by atoms with Gasteiger partial charge in [-0.3, -0.25) is 4.79 Å². The fourth-order valence-corrected chi connectivity index (χ4v) is 5.42.